The van der Waals surface area contributed by atoms with Gasteiger partial charge in [-0.05, 0) is 109 Å². The monoisotopic (exact) mass is 421 g/mol. The maximum atomic E-state index is 5.71. The average Bonchev–Trinajstić information content (AvgIpc) is 2.60. The summed E-state index contributed by atoms with van der Waals surface area (Å²) in [6.07, 6.45) is 8.87. The van der Waals surface area contributed by atoms with E-state index in [1.807, 2.05) is 6.92 Å². The molecule has 5 rings (SSSR count). The van der Waals surface area contributed by atoms with Gasteiger partial charge in [0.05, 0.1) is 18.2 Å². The number of hydrogen-bond donors (Lipinski definition) is 1. The second-order valence-corrected chi connectivity index (χ2v) is 9.78. The average molecular weight is 422 g/mol. The van der Waals surface area contributed by atoms with Gasteiger partial charge < -0.3 is 14.8 Å². The molecule has 0 aromatic heterocycles. The maximum absolute atomic E-state index is 5.71. The molecule has 0 radical (unpaired) electrons. The summed E-state index contributed by atoms with van der Waals surface area (Å²) in [6.45, 7) is 5.93. The van der Waals surface area contributed by atoms with E-state index in [4.69, 9.17) is 9.47 Å². The van der Waals surface area contributed by atoms with Gasteiger partial charge in [-0.25, -0.2) is 0 Å². The molecule has 1 aromatic rings. The minimum atomic E-state index is 0.543. The van der Waals surface area contributed by atoms with Gasteiger partial charge in [0.25, 0.3) is 0 Å². The van der Waals surface area contributed by atoms with Crippen LogP contribution in [0.3, 0.4) is 0 Å². The quantitative estimate of drug-likeness (QED) is 0.625. The highest BCUT2D eigenvalue weighted by Crippen LogP contribution is 2.61. The van der Waals surface area contributed by atoms with Crippen LogP contribution in [0.2, 0.25) is 0 Å². The Morgan fingerprint density at radius 3 is 2.31 bits per heavy atom. The molecule has 0 spiro atoms. The number of halogens is 1. The molecule has 26 heavy (non-hydrogen) atoms. The lowest BCUT2D eigenvalue weighted by Gasteiger charge is -2.59. The molecule has 144 valence electrons. The Morgan fingerprint density at radius 2 is 1.77 bits per heavy atom. The fourth-order valence-electron chi connectivity index (χ4n) is 6.36. The third-order valence-electron chi connectivity index (χ3n) is 7.19. The second kappa shape index (κ2) is 7.35. The number of benzene rings is 1. The number of methoxy groups -OCH3 is 1. The van der Waals surface area contributed by atoms with Gasteiger partial charge in [-0.2, -0.15) is 0 Å². The normalized spacial score (nSPS) is 33.3. The molecule has 1 aromatic carbocycles. The first kappa shape index (κ1) is 18.6. The van der Waals surface area contributed by atoms with E-state index in [2.05, 4.69) is 40.3 Å². The van der Waals surface area contributed by atoms with Crippen molar-refractivity contribution in [2.75, 3.05) is 13.7 Å². The SMILES string of the molecule is CCOc1c(Br)cc(CN[C@H](C)C23CC4CC(CC(C4)C2)C3)cc1OC. The minimum Gasteiger partial charge on any atom is -0.493 e. The molecule has 0 unspecified atom stereocenters. The van der Waals surface area contributed by atoms with Crippen LogP contribution in [0.1, 0.15) is 57.9 Å². The van der Waals surface area contributed by atoms with Gasteiger partial charge in [0, 0.05) is 12.6 Å². The number of hydrogen-bond acceptors (Lipinski definition) is 3. The van der Waals surface area contributed by atoms with Gasteiger partial charge >= 0.3 is 0 Å². The van der Waals surface area contributed by atoms with Crippen LogP contribution in [-0.4, -0.2) is 19.8 Å². The summed E-state index contributed by atoms with van der Waals surface area (Å²) in [4.78, 5) is 0. The van der Waals surface area contributed by atoms with Crippen molar-refractivity contribution >= 4 is 15.9 Å². The second-order valence-electron chi connectivity index (χ2n) is 8.92. The molecule has 4 aliphatic rings. The van der Waals surface area contributed by atoms with Gasteiger partial charge in [-0.15, -0.1) is 0 Å². The van der Waals surface area contributed by atoms with Crippen molar-refractivity contribution in [3.63, 3.8) is 0 Å². The van der Waals surface area contributed by atoms with Crippen LogP contribution in [0.5, 0.6) is 11.5 Å². The highest BCUT2D eigenvalue weighted by Gasteiger charge is 2.52. The van der Waals surface area contributed by atoms with Crippen molar-refractivity contribution in [2.24, 2.45) is 23.2 Å². The van der Waals surface area contributed by atoms with Crippen LogP contribution >= 0.6 is 15.9 Å². The van der Waals surface area contributed by atoms with Crippen LogP contribution in [0.4, 0.5) is 0 Å². The third-order valence-corrected chi connectivity index (χ3v) is 7.78. The van der Waals surface area contributed by atoms with Crippen LogP contribution in [0, 0.1) is 23.2 Å². The standard InChI is InChI=1S/C22H32BrNO2/c1-4-26-21-19(23)8-18(9-20(21)25-3)13-24-14(2)22-10-15-5-16(11-22)7-17(6-15)12-22/h8-9,14-17,24H,4-7,10-13H2,1-3H3/t14-,15?,16?,17?,22?/m1/s1. The zero-order valence-corrected chi connectivity index (χ0v) is 17.9. The van der Waals surface area contributed by atoms with Gasteiger partial charge in [-0.3, -0.25) is 0 Å². The van der Waals surface area contributed by atoms with E-state index < -0.39 is 0 Å². The molecular weight excluding hydrogens is 390 g/mol. The van der Waals surface area contributed by atoms with E-state index >= 15 is 0 Å². The Bertz CT molecular complexity index is 625. The summed E-state index contributed by atoms with van der Waals surface area (Å²) in [5, 5.41) is 3.87. The number of rotatable bonds is 7. The van der Waals surface area contributed by atoms with Crippen molar-refractivity contribution in [3.05, 3.63) is 22.2 Å². The predicted octanol–water partition coefficient (Wildman–Crippen LogP) is 5.55. The topological polar surface area (TPSA) is 30.5 Å². The van der Waals surface area contributed by atoms with E-state index in [0.29, 0.717) is 18.1 Å². The first-order chi connectivity index (χ1) is 12.5. The molecule has 3 nitrogen and oxygen atoms in total. The summed E-state index contributed by atoms with van der Waals surface area (Å²) < 4.78 is 12.2. The molecule has 1 N–H and O–H groups in total. The van der Waals surface area contributed by atoms with Gasteiger partial charge in [0.2, 0.25) is 0 Å². The van der Waals surface area contributed by atoms with Crippen molar-refractivity contribution in [2.45, 2.75) is 65.0 Å². The van der Waals surface area contributed by atoms with E-state index in [9.17, 15) is 0 Å². The summed E-state index contributed by atoms with van der Waals surface area (Å²) in [5.41, 5.74) is 1.79. The summed E-state index contributed by atoms with van der Waals surface area (Å²) in [6, 6.07) is 4.84. The minimum absolute atomic E-state index is 0.543. The van der Waals surface area contributed by atoms with E-state index in [0.717, 1.165) is 40.3 Å². The number of ether oxygens (including phenoxy) is 2. The first-order valence-electron chi connectivity index (χ1n) is 10.3. The van der Waals surface area contributed by atoms with Crippen molar-refractivity contribution in [3.8, 4) is 11.5 Å². The van der Waals surface area contributed by atoms with Crippen molar-refractivity contribution in [1.29, 1.82) is 0 Å². The largest absolute Gasteiger partial charge is 0.493 e. The summed E-state index contributed by atoms with van der Waals surface area (Å²) in [5.74, 6) is 4.62. The lowest BCUT2D eigenvalue weighted by molar-refractivity contribution is -0.0706. The Morgan fingerprint density at radius 1 is 1.15 bits per heavy atom. The van der Waals surface area contributed by atoms with Gasteiger partial charge in [0.15, 0.2) is 11.5 Å². The van der Waals surface area contributed by atoms with Crippen LogP contribution in [0.15, 0.2) is 16.6 Å². The highest BCUT2D eigenvalue weighted by atomic mass is 79.9. The molecule has 4 aliphatic carbocycles. The molecule has 4 fully saturated rings. The zero-order valence-electron chi connectivity index (χ0n) is 16.3. The molecule has 0 amide bonds. The number of nitrogens with one attached hydrogen (secondary N) is 1. The molecule has 4 heteroatoms. The fourth-order valence-corrected chi connectivity index (χ4v) is 6.96. The lowest BCUT2D eigenvalue weighted by Crippen LogP contribution is -2.54. The molecule has 4 bridgehead atoms. The summed E-state index contributed by atoms with van der Waals surface area (Å²) >= 11 is 3.65. The van der Waals surface area contributed by atoms with Crippen molar-refractivity contribution in [1.82, 2.24) is 5.32 Å². The molecular formula is C22H32BrNO2. The van der Waals surface area contributed by atoms with Gasteiger partial charge in [-0.1, -0.05) is 0 Å². The van der Waals surface area contributed by atoms with Crippen LogP contribution < -0.4 is 14.8 Å². The molecule has 4 saturated carbocycles. The third kappa shape index (κ3) is 3.40. The maximum Gasteiger partial charge on any atom is 0.175 e. The van der Waals surface area contributed by atoms with Gasteiger partial charge in [0.1, 0.15) is 0 Å². The van der Waals surface area contributed by atoms with E-state index in [1.165, 1.54) is 44.1 Å². The lowest BCUT2D eigenvalue weighted by atomic mass is 9.48. The van der Waals surface area contributed by atoms with Crippen LogP contribution in [-0.2, 0) is 6.54 Å². The Hall–Kier alpha value is -0.740. The highest BCUT2D eigenvalue weighted by molar-refractivity contribution is 9.10. The van der Waals surface area contributed by atoms with Crippen molar-refractivity contribution < 1.29 is 9.47 Å². The van der Waals surface area contributed by atoms with Crippen LogP contribution in [0.25, 0.3) is 0 Å². The zero-order chi connectivity index (χ0) is 18.3. The predicted molar refractivity (Wildman–Crippen MR) is 109 cm³/mol. The summed E-state index contributed by atoms with van der Waals surface area (Å²) in [7, 11) is 1.71. The Labute approximate surface area is 166 Å². The fraction of sp³-hybridized carbons (Fsp3) is 0.727. The smallest absolute Gasteiger partial charge is 0.175 e. The molecule has 0 heterocycles. The molecule has 0 saturated heterocycles. The molecule has 0 aliphatic heterocycles. The Kier molecular flexibility index (Phi) is 5.26. The van der Waals surface area contributed by atoms with E-state index in [1.54, 1.807) is 7.11 Å². The first-order valence-corrected chi connectivity index (χ1v) is 11.0. The Balaban J connectivity index is 1.45. The molecule has 1 atom stereocenters. The van der Waals surface area contributed by atoms with E-state index in [-0.39, 0.29) is 0 Å².